The second kappa shape index (κ2) is 15.0. The highest BCUT2D eigenvalue weighted by Crippen LogP contribution is 2.38. The fraction of sp³-hybridized carbons (Fsp3) is 0.515. The van der Waals surface area contributed by atoms with Crippen molar-refractivity contribution in [1.82, 2.24) is 19.9 Å². The number of amides is 1. The molecule has 0 spiro atoms. The van der Waals surface area contributed by atoms with Gasteiger partial charge in [0, 0.05) is 61.4 Å². The highest BCUT2D eigenvalue weighted by molar-refractivity contribution is 5.72. The van der Waals surface area contributed by atoms with Gasteiger partial charge in [0.1, 0.15) is 6.10 Å². The van der Waals surface area contributed by atoms with Gasteiger partial charge in [-0.3, -0.25) is 4.79 Å². The van der Waals surface area contributed by atoms with Crippen LogP contribution in [0.15, 0.2) is 49.4 Å². The molecule has 1 aromatic carbocycles. The van der Waals surface area contributed by atoms with E-state index in [2.05, 4.69) is 16.5 Å². The van der Waals surface area contributed by atoms with Crippen molar-refractivity contribution in [3.05, 3.63) is 71.7 Å². The van der Waals surface area contributed by atoms with Crippen molar-refractivity contribution >= 4 is 23.6 Å². The first-order valence-electron chi connectivity index (χ1n) is 15.8. The number of allylic oxidation sites excluding steroid dienone is 2. The van der Waals surface area contributed by atoms with Gasteiger partial charge in [-0.2, -0.15) is 26.3 Å². The van der Waals surface area contributed by atoms with E-state index >= 15 is 0 Å². The molecule has 1 saturated heterocycles. The fourth-order valence-corrected chi connectivity index (χ4v) is 6.54. The molecule has 1 aliphatic carbocycles. The minimum Gasteiger partial charge on any atom is -0.481 e. The van der Waals surface area contributed by atoms with E-state index in [1.165, 1.54) is 23.5 Å². The van der Waals surface area contributed by atoms with Crippen molar-refractivity contribution in [1.29, 1.82) is 0 Å². The van der Waals surface area contributed by atoms with Crippen LogP contribution in [0.2, 0.25) is 0 Å². The van der Waals surface area contributed by atoms with Crippen molar-refractivity contribution in [2.24, 2.45) is 11.8 Å². The molecule has 1 saturated carbocycles. The molecular formula is C33H40F6N6O4. The summed E-state index contributed by atoms with van der Waals surface area (Å²) in [6.45, 7) is 6.93. The van der Waals surface area contributed by atoms with Crippen molar-refractivity contribution in [2.45, 2.75) is 95.5 Å². The van der Waals surface area contributed by atoms with Gasteiger partial charge >= 0.3 is 24.4 Å². The molecule has 2 heterocycles. The monoisotopic (exact) mass is 698 g/mol. The van der Waals surface area contributed by atoms with Gasteiger partial charge in [-0.25, -0.2) is 20.6 Å². The van der Waals surface area contributed by atoms with E-state index in [1.54, 1.807) is 36.9 Å². The number of halogens is 6. The van der Waals surface area contributed by atoms with Crippen molar-refractivity contribution in [3.63, 3.8) is 0 Å². The largest absolute Gasteiger partial charge is 0.481 e. The van der Waals surface area contributed by atoms with Crippen LogP contribution in [0.3, 0.4) is 0 Å². The van der Waals surface area contributed by atoms with Crippen LogP contribution in [0.25, 0.3) is 5.57 Å². The molecule has 4 rings (SSSR count). The minimum absolute atomic E-state index is 0.0647. The van der Waals surface area contributed by atoms with Gasteiger partial charge in [-0.15, -0.1) is 0 Å². The first kappa shape index (κ1) is 37.5. The Hall–Kier alpha value is -4.34. The van der Waals surface area contributed by atoms with Gasteiger partial charge in [0.25, 0.3) is 0 Å². The van der Waals surface area contributed by atoms with E-state index in [-0.39, 0.29) is 37.0 Å². The van der Waals surface area contributed by atoms with E-state index in [0.717, 1.165) is 0 Å². The van der Waals surface area contributed by atoms with E-state index in [9.17, 15) is 41.0 Å². The predicted octanol–water partition coefficient (Wildman–Crippen LogP) is 6.87. The number of benzene rings is 1. The number of piperidine rings is 1. The number of aliphatic carboxylic acids is 1. The number of rotatable bonds is 9. The summed E-state index contributed by atoms with van der Waals surface area (Å²) < 4.78 is 88.1. The van der Waals surface area contributed by atoms with Gasteiger partial charge in [0.15, 0.2) is 0 Å². The summed E-state index contributed by atoms with van der Waals surface area (Å²) in [6, 6.07) is 0.0653. The molecule has 3 N–H and O–H groups in total. The number of nitrogens with two attached hydrogens (primary N) is 1. The van der Waals surface area contributed by atoms with Crippen LogP contribution in [0, 0.1) is 5.92 Å². The highest BCUT2D eigenvalue weighted by Gasteiger charge is 2.41. The summed E-state index contributed by atoms with van der Waals surface area (Å²) in [5.74, 6) is 4.43. The third kappa shape index (κ3) is 9.43. The highest BCUT2D eigenvalue weighted by atomic mass is 19.4. The zero-order chi connectivity index (χ0) is 36.3. The number of alkyl halides is 6. The molecule has 268 valence electrons. The lowest BCUT2D eigenvalue weighted by atomic mass is 9.87. The summed E-state index contributed by atoms with van der Waals surface area (Å²) in [5.41, 5.74) is -2.02. The Balaban J connectivity index is 1.64. The number of carbonyl (C=O) groups excluding carboxylic acids is 1. The fourth-order valence-electron chi connectivity index (χ4n) is 6.54. The molecule has 1 aromatic heterocycles. The van der Waals surface area contributed by atoms with Crippen LogP contribution < -0.4 is 10.7 Å². The molecule has 49 heavy (non-hydrogen) atoms. The molecule has 3 atom stereocenters. The molecule has 16 heteroatoms. The summed E-state index contributed by atoms with van der Waals surface area (Å²) >= 11 is 0. The lowest BCUT2D eigenvalue weighted by Crippen LogP contribution is -2.56. The maximum atomic E-state index is 13.7. The molecule has 0 bridgehead atoms. The zero-order valence-electron chi connectivity index (χ0n) is 27.3. The first-order chi connectivity index (χ1) is 22.9. The number of hydrogen-bond acceptors (Lipinski definition) is 8. The quantitative estimate of drug-likeness (QED) is 0.125. The van der Waals surface area contributed by atoms with Crippen LogP contribution in [-0.4, -0.2) is 68.3 Å². The Kier molecular flexibility index (Phi) is 11.5. The van der Waals surface area contributed by atoms with E-state index in [0.29, 0.717) is 49.0 Å². The lowest BCUT2D eigenvalue weighted by Gasteiger charge is -2.46. The average Bonchev–Trinajstić information content (AvgIpc) is 3.01. The molecular weight excluding hydrogens is 658 g/mol. The second-order valence-electron chi connectivity index (χ2n) is 12.7. The molecule has 2 aromatic rings. The maximum Gasteiger partial charge on any atom is 0.416 e. The number of hydrogen-bond donors (Lipinski definition) is 2. The first-order valence-corrected chi connectivity index (χ1v) is 15.8. The van der Waals surface area contributed by atoms with Crippen LogP contribution in [-0.2, 0) is 28.4 Å². The van der Waals surface area contributed by atoms with Gasteiger partial charge in [-0.1, -0.05) is 12.7 Å². The number of ether oxygens (including phenoxy) is 1. The van der Waals surface area contributed by atoms with Gasteiger partial charge in [0.05, 0.1) is 17.0 Å². The van der Waals surface area contributed by atoms with Crippen molar-refractivity contribution in [2.75, 3.05) is 11.9 Å². The van der Waals surface area contributed by atoms with E-state index in [1.807, 2.05) is 0 Å². The molecule has 1 aliphatic heterocycles. The summed E-state index contributed by atoms with van der Waals surface area (Å²) in [6.07, 6.45) is -2.85. The standard InChI is InChI=1S/C33H40F6N6O4/c1-5-22(18-43(4)40)24-15-41-30(42-16-24)44(17-21-12-25(32(34,35)36)14-26(13-21)33(37,38)39)27-10-19(2)45(20(3)11-27)31(48)49-28-8-6-23(7-9-28)29(46)47/h5,12-16,18-20,23,27-28H,1,6-11,17,40H2,2-4H3,(H,46,47)/b22-18+/t19-,20+,23?,27?,28?. The molecule has 0 radical (unpaired) electrons. The molecule has 1 amide bonds. The predicted molar refractivity (Wildman–Crippen MR) is 168 cm³/mol. The Morgan fingerprint density at radius 2 is 1.53 bits per heavy atom. The number of anilines is 1. The number of carbonyl (C=O) groups is 2. The summed E-state index contributed by atoms with van der Waals surface area (Å²) in [4.78, 5) is 36.6. The SMILES string of the molecule is C=C/C(=C\N(C)N)c1cnc(N(Cc2cc(C(F)(F)F)cc(C(F)(F)F)c2)C2C[C@@H](C)N(C(=O)OC3CCC(C(=O)O)CC3)[C@@H](C)C2)nc1. The van der Waals surface area contributed by atoms with Crippen molar-refractivity contribution < 1.29 is 45.8 Å². The number of carboxylic acids is 1. The van der Waals surface area contributed by atoms with E-state index in [4.69, 9.17) is 10.6 Å². The molecule has 10 nitrogen and oxygen atoms in total. The minimum atomic E-state index is -5.02. The Bertz CT molecular complexity index is 1480. The van der Waals surface area contributed by atoms with Gasteiger partial charge in [0.2, 0.25) is 5.95 Å². The van der Waals surface area contributed by atoms with Crippen LogP contribution >= 0.6 is 0 Å². The van der Waals surface area contributed by atoms with Crippen LogP contribution in [0.5, 0.6) is 0 Å². The second-order valence-corrected chi connectivity index (χ2v) is 12.7. The normalized spacial score (nSPS) is 23.5. The summed E-state index contributed by atoms with van der Waals surface area (Å²) in [5, 5.41) is 10.6. The lowest BCUT2D eigenvalue weighted by molar-refractivity contribution is -0.144. The van der Waals surface area contributed by atoms with Crippen LogP contribution in [0.4, 0.5) is 37.1 Å². The van der Waals surface area contributed by atoms with E-state index < -0.39 is 65.7 Å². The molecule has 1 unspecified atom stereocenters. The number of hydrazine groups is 1. The zero-order valence-corrected chi connectivity index (χ0v) is 27.3. The van der Waals surface area contributed by atoms with Gasteiger partial charge in [-0.05, 0) is 76.1 Å². The smallest absolute Gasteiger partial charge is 0.416 e. The summed E-state index contributed by atoms with van der Waals surface area (Å²) in [7, 11) is 1.60. The Labute approximate surface area is 280 Å². The number of likely N-dealkylation sites (tertiary alicyclic amines) is 1. The Morgan fingerprint density at radius 3 is 1.98 bits per heavy atom. The van der Waals surface area contributed by atoms with Gasteiger partial charge < -0.3 is 24.7 Å². The number of aromatic nitrogens is 2. The number of nitrogens with zero attached hydrogens (tertiary/aromatic N) is 5. The maximum absolute atomic E-state index is 13.7. The topological polar surface area (TPSA) is 125 Å². The Morgan fingerprint density at radius 1 is 1.00 bits per heavy atom. The average molecular weight is 699 g/mol. The van der Waals surface area contributed by atoms with Crippen LogP contribution in [0.1, 0.15) is 74.6 Å². The number of carboxylic acid groups (broad SMARTS) is 1. The third-order valence-electron chi connectivity index (χ3n) is 8.91. The van der Waals surface area contributed by atoms with Crippen molar-refractivity contribution in [3.8, 4) is 0 Å². The third-order valence-corrected chi connectivity index (χ3v) is 8.91. The molecule has 2 aliphatic rings. The molecule has 2 fully saturated rings.